The molecule has 3 aromatic carbocycles. The molecule has 0 saturated heterocycles. The Balaban J connectivity index is 1.31. The van der Waals surface area contributed by atoms with Crippen molar-refractivity contribution in [2.45, 2.75) is 52.6 Å². The van der Waals surface area contributed by atoms with E-state index in [-0.39, 0.29) is 18.4 Å². The number of amidine groups is 1. The number of halogens is 1. The summed E-state index contributed by atoms with van der Waals surface area (Å²) in [5, 5.41) is 4.10. The van der Waals surface area contributed by atoms with Crippen molar-refractivity contribution in [1.82, 2.24) is 0 Å². The second-order valence-corrected chi connectivity index (χ2v) is 10.5. The van der Waals surface area contributed by atoms with Crippen LogP contribution in [-0.4, -0.2) is 11.6 Å². The van der Waals surface area contributed by atoms with Crippen LogP contribution in [0.3, 0.4) is 0 Å². The summed E-state index contributed by atoms with van der Waals surface area (Å²) in [6, 6.07) is 14.7. The number of ketones is 1. The molecule has 4 N–H and O–H groups in total. The van der Waals surface area contributed by atoms with Gasteiger partial charge in [0, 0.05) is 27.6 Å². The fourth-order valence-corrected chi connectivity index (χ4v) is 5.82. The van der Waals surface area contributed by atoms with E-state index < -0.39 is 0 Å². The van der Waals surface area contributed by atoms with Crippen LogP contribution in [0.2, 0.25) is 5.02 Å². The zero-order valence-corrected chi connectivity index (χ0v) is 22.0. The third-order valence-electron chi connectivity index (χ3n) is 7.85. The van der Waals surface area contributed by atoms with Crippen LogP contribution in [0.1, 0.15) is 63.9 Å². The van der Waals surface area contributed by atoms with Crippen LogP contribution >= 0.6 is 11.6 Å². The molecule has 7 heteroatoms. The first-order valence-corrected chi connectivity index (χ1v) is 13.1. The van der Waals surface area contributed by atoms with Crippen LogP contribution < -0.4 is 21.1 Å². The highest BCUT2D eigenvalue weighted by Gasteiger charge is 2.39. The van der Waals surface area contributed by atoms with E-state index in [0.717, 1.165) is 45.6 Å². The molecular weight excluding hydrogens is 486 g/mol. The highest BCUT2D eigenvalue weighted by molar-refractivity contribution is 6.31. The number of hydrogen-bond acceptors (Lipinski definition) is 5. The molecule has 0 bridgehead atoms. The molecule has 192 valence electrons. The maximum atomic E-state index is 13.3. The predicted octanol–water partition coefficient (Wildman–Crippen LogP) is 6.45. The number of hydrogen-bond donors (Lipinski definition) is 2. The number of fused-ring (bicyclic) bond motifs is 1. The highest BCUT2D eigenvalue weighted by Crippen LogP contribution is 2.43. The Labute approximate surface area is 222 Å². The Bertz CT molecular complexity index is 1360. The number of nitrogens with zero attached hydrogens (tertiary/aromatic N) is 1. The maximum absolute atomic E-state index is 13.3. The van der Waals surface area contributed by atoms with Crippen LogP contribution in [0.25, 0.3) is 0 Å². The molecule has 0 heterocycles. The van der Waals surface area contributed by atoms with Gasteiger partial charge in [0.25, 0.3) is 0 Å². The second kappa shape index (κ2) is 10.5. The Morgan fingerprint density at radius 1 is 1.03 bits per heavy atom. The van der Waals surface area contributed by atoms with E-state index in [9.17, 15) is 4.79 Å². The van der Waals surface area contributed by atoms with Gasteiger partial charge in [0.15, 0.2) is 5.78 Å². The standard InChI is InChI=1S/C30H32ClN3O3/c1-17-18(2)28-21(14-25(29(28)35)19-5-3-4-6-19)15-27(17)36-16-22-13-24(11-12-26(22)31)37-23-9-7-20(8-10-23)30(32)34-33/h7-13,15,19,25H,3-6,14,16,33H2,1-2H3,(H2,32,34). The van der Waals surface area contributed by atoms with Gasteiger partial charge in [-0.3, -0.25) is 4.79 Å². The van der Waals surface area contributed by atoms with E-state index in [1.165, 1.54) is 25.7 Å². The first kappa shape index (κ1) is 25.2. The summed E-state index contributed by atoms with van der Waals surface area (Å²) in [4.78, 5) is 13.3. The zero-order chi connectivity index (χ0) is 26.1. The summed E-state index contributed by atoms with van der Waals surface area (Å²) >= 11 is 6.49. The average Bonchev–Trinajstić information content (AvgIpc) is 3.55. The lowest BCUT2D eigenvalue weighted by atomic mass is 9.87. The molecule has 1 unspecified atom stereocenters. The summed E-state index contributed by atoms with van der Waals surface area (Å²) in [5.74, 6) is 8.56. The molecule has 0 aliphatic heterocycles. The normalized spacial score (nSPS) is 17.8. The van der Waals surface area contributed by atoms with E-state index in [0.29, 0.717) is 28.2 Å². The molecule has 1 saturated carbocycles. The van der Waals surface area contributed by atoms with Crippen molar-refractivity contribution in [3.05, 3.63) is 86.9 Å². The van der Waals surface area contributed by atoms with Crippen molar-refractivity contribution in [1.29, 1.82) is 0 Å². The lowest BCUT2D eigenvalue weighted by Crippen LogP contribution is -2.18. The predicted molar refractivity (Wildman–Crippen MR) is 147 cm³/mol. The van der Waals surface area contributed by atoms with Gasteiger partial charge in [-0.05, 0) is 104 Å². The molecule has 1 atom stereocenters. The molecule has 1 fully saturated rings. The van der Waals surface area contributed by atoms with Gasteiger partial charge in [-0.15, -0.1) is 0 Å². The molecule has 2 aliphatic rings. The Morgan fingerprint density at radius 2 is 1.73 bits per heavy atom. The fourth-order valence-electron chi connectivity index (χ4n) is 5.65. The molecule has 0 aromatic heterocycles. The quantitative estimate of drug-likeness (QED) is 0.162. The number of nitrogens with two attached hydrogens (primary N) is 2. The summed E-state index contributed by atoms with van der Waals surface area (Å²) in [7, 11) is 0. The lowest BCUT2D eigenvalue weighted by Gasteiger charge is -2.16. The molecule has 3 aromatic rings. The van der Waals surface area contributed by atoms with E-state index in [1.807, 2.05) is 26.0 Å². The minimum Gasteiger partial charge on any atom is -0.489 e. The summed E-state index contributed by atoms with van der Waals surface area (Å²) in [6.07, 6.45) is 5.64. The maximum Gasteiger partial charge on any atom is 0.167 e. The highest BCUT2D eigenvalue weighted by atomic mass is 35.5. The average molecular weight is 518 g/mol. The third-order valence-corrected chi connectivity index (χ3v) is 8.22. The van der Waals surface area contributed by atoms with Crippen LogP contribution in [0.5, 0.6) is 17.2 Å². The van der Waals surface area contributed by atoms with Gasteiger partial charge in [0.2, 0.25) is 0 Å². The monoisotopic (exact) mass is 517 g/mol. The van der Waals surface area contributed by atoms with E-state index in [4.69, 9.17) is 32.7 Å². The van der Waals surface area contributed by atoms with Crippen LogP contribution in [0.15, 0.2) is 53.6 Å². The van der Waals surface area contributed by atoms with Crippen LogP contribution in [-0.2, 0) is 13.0 Å². The van der Waals surface area contributed by atoms with Gasteiger partial charge in [0.05, 0.1) is 0 Å². The number of rotatable bonds is 7. The number of Topliss-reactive ketones (excluding diaryl/α,β-unsaturated/α-hetero) is 1. The number of hydrazone groups is 1. The van der Waals surface area contributed by atoms with Gasteiger partial charge < -0.3 is 21.1 Å². The number of ether oxygens (including phenoxy) is 2. The molecule has 6 nitrogen and oxygen atoms in total. The number of carbonyl (C=O) groups is 1. The topological polar surface area (TPSA) is 99.9 Å². The summed E-state index contributed by atoms with van der Waals surface area (Å²) in [5.41, 5.74) is 11.3. The van der Waals surface area contributed by atoms with E-state index in [2.05, 4.69) is 11.2 Å². The molecular formula is C30H32ClN3O3. The molecule has 0 radical (unpaired) electrons. The fraction of sp³-hybridized carbons (Fsp3) is 0.333. The summed E-state index contributed by atoms with van der Waals surface area (Å²) in [6.45, 7) is 4.35. The number of benzene rings is 3. The van der Waals surface area contributed by atoms with Crippen molar-refractivity contribution in [3.63, 3.8) is 0 Å². The minimum absolute atomic E-state index is 0.127. The van der Waals surface area contributed by atoms with Gasteiger partial charge >= 0.3 is 0 Å². The zero-order valence-electron chi connectivity index (χ0n) is 21.2. The molecule has 0 spiro atoms. The second-order valence-electron chi connectivity index (χ2n) is 10.1. The molecule has 2 aliphatic carbocycles. The van der Waals surface area contributed by atoms with Crippen molar-refractivity contribution < 1.29 is 14.3 Å². The van der Waals surface area contributed by atoms with Crippen LogP contribution in [0.4, 0.5) is 0 Å². The van der Waals surface area contributed by atoms with Gasteiger partial charge in [0.1, 0.15) is 29.7 Å². The van der Waals surface area contributed by atoms with E-state index >= 15 is 0 Å². The first-order valence-electron chi connectivity index (χ1n) is 12.8. The van der Waals surface area contributed by atoms with Crippen molar-refractivity contribution in [2.24, 2.45) is 28.5 Å². The van der Waals surface area contributed by atoms with Crippen molar-refractivity contribution in [3.8, 4) is 17.2 Å². The van der Waals surface area contributed by atoms with Crippen molar-refractivity contribution in [2.75, 3.05) is 0 Å². The van der Waals surface area contributed by atoms with E-state index in [1.54, 1.807) is 30.3 Å². The van der Waals surface area contributed by atoms with Gasteiger partial charge in [-0.1, -0.05) is 24.4 Å². The Morgan fingerprint density at radius 3 is 2.43 bits per heavy atom. The van der Waals surface area contributed by atoms with Crippen molar-refractivity contribution >= 4 is 23.2 Å². The molecule has 37 heavy (non-hydrogen) atoms. The van der Waals surface area contributed by atoms with Gasteiger partial charge in [-0.2, -0.15) is 5.10 Å². The smallest absolute Gasteiger partial charge is 0.167 e. The summed E-state index contributed by atoms with van der Waals surface area (Å²) < 4.78 is 12.3. The largest absolute Gasteiger partial charge is 0.489 e. The lowest BCUT2D eigenvalue weighted by molar-refractivity contribution is 0.0894. The number of carbonyl (C=O) groups excluding carboxylic acids is 1. The third kappa shape index (κ3) is 5.03. The molecule has 0 amide bonds. The Hall–Kier alpha value is -3.51. The minimum atomic E-state index is 0.127. The molecule has 5 rings (SSSR count). The van der Waals surface area contributed by atoms with Crippen LogP contribution in [0, 0.1) is 25.7 Å². The first-order chi connectivity index (χ1) is 17.9. The van der Waals surface area contributed by atoms with Gasteiger partial charge in [-0.25, -0.2) is 0 Å². The Kier molecular flexibility index (Phi) is 7.11. The SMILES string of the molecule is Cc1c(OCc2cc(Oc3ccc(/C(N)=N/N)cc3)ccc2Cl)cc2c(c1C)C(=O)C(C1CCCC1)C2.